The molecule has 0 aliphatic carbocycles. The lowest BCUT2D eigenvalue weighted by atomic mass is 10.2. The summed E-state index contributed by atoms with van der Waals surface area (Å²) in [6.45, 7) is 1.91. The van der Waals surface area contributed by atoms with Crippen LogP contribution in [0.15, 0.2) is 70.7 Å². The standard InChI is InChI=1S/C23H16ClN5O2S/c1-14-8-9-26-20(10-14)29-22(31)17-4-2-3-5-18(17)28-23(29)32-13-21(30)27-19-11-16(24)7-6-15(19)12-25/h2-11H,13H2,1H3,(H,27,30). The number of carbonyl (C=O) groups is 1. The number of carbonyl (C=O) groups excluding carboxylic acids is 1. The number of halogens is 1. The molecule has 4 aromatic rings. The summed E-state index contributed by atoms with van der Waals surface area (Å²) >= 11 is 7.09. The average Bonchev–Trinajstić information content (AvgIpc) is 2.78. The zero-order valence-electron chi connectivity index (χ0n) is 16.9. The Balaban J connectivity index is 1.68. The first-order chi connectivity index (χ1) is 15.5. The van der Waals surface area contributed by atoms with Gasteiger partial charge in [-0.25, -0.2) is 14.5 Å². The number of aryl methyl sites for hydroxylation is 1. The van der Waals surface area contributed by atoms with E-state index in [0.29, 0.717) is 38.2 Å². The first-order valence-corrected chi connectivity index (χ1v) is 10.9. The summed E-state index contributed by atoms with van der Waals surface area (Å²) < 4.78 is 1.41. The molecular weight excluding hydrogens is 446 g/mol. The zero-order valence-corrected chi connectivity index (χ0v) is 18.4. The van der Waals surface area contributed by atoms with Crippen LogP contribution in [0.2, 0.25) is 5.02 Å². The van der Waals surface area contributed by atoms with Gasteiger partial charge in [0.15, 0.2) is 5.16 Å². The number of nitriles is 1. The topological polar surface area (TPSA) is 101 Å². The number of nitrogens with one attached hydrogen (secondary N) is 1. The van der Waals surface area contributed by atoms with Crippen LogP contribution in [0.5, 0.6) is 0 Å². The van der Waals surface area contributed by atoms with Crippen molar-refractivity contribution >= 4 is 45.9 Å². The van der Waals surface area contributed by atoms with Gasteiger partial charge in [0.1, 0.15) is 11.9 Å². The maximum Gasteiger partial charge on any atom is 0.267 e. The predicted octanol–water partition coefficient (Wildman–Crippen LogP) is 4.35. The number of amides is 1. The van der Waals surface area contributed by atoms with Crippen LogP contribution in [0.1, 0.15) is 11.1 Å². The number of fused-ring (bicyclic) bond motifs is 1. The van der Waals surface area contributed by atoms with E-state index in [1.54, 1.807) is 42.6 Å². The molecule has 4 rings (SSSR count). The van der Waals surface area contributed by atoms with Crippen LogP contribution < -0.4 is 10.9 Å². The number of hydrogen-bond acceptors (Lipinski definition) is 6. The Kier molecular flexibility index (Phi) is 6.21. The number of benzene rings is 2. The van der Waals surface area contributed by atoms with Crippen molar-refractivity contribution in [3.8, 4) is 11.9 Å². The Hall–Kier alpha value is -3.67. The monoisotopic (exact) mass is 461 g/mol. The highest BCUT2D eigenvalue weighted by atomic mass is 35.5. The summed E-state index contributed by atoms with van der Waals surface area (Å²) in [5.74, 6) is 0.0336. The number of anilines is 1. The van der Waals surface area contributed by atoms with Gasteiger partial charge in [-0.2, -0.15) is 5.26 Å². The van der Waals surface area contributed by atoms with Crippen LogP contribution >= 0.6 is 23.4 Å². The third kappa shape index (κ3) is 4.49. The highest BCUT2D eigenvalue weighted by Gasteiger charge is 2.16. The van der Waals surface area contributed by atoms with Crippen molar-refractivity contribution < 1.29 is 4.79 Å². The summed E-state index contributed by atoms with van der Waals surface area (Å²) in [6.07, 6.45) is 1.62. The van der Waals surface area contributed by atoms with Gasteiger partial charge in [0.05, 0.1) is 27.9 Å². The smallest absolute Gasteiger partial charge is 0.267 e. The predicted molar refractivity (Wildman–Crippen MR) is 125 cm³/mol. The molecule has 2 heterocycles. The maximum atomic E-state index is 13.2. The van der Waals surface area contributed by atoms with E-state index in [0.717, 1.165) is 17.3 Å². The lowest BCUT2D eigenvalue weighted by molar-refractivity contribution is -0.113. The van der Waals surface area contributed by atoms with Crippen molar-refractivity contribution in [2.75, 3.05) is 11.1 Å². The van der Waals surface area contributed by atoms with E-state index < -0.39 is 0 Å². The first-order valence-electron chi connectivity index (χ1n) is 9.53. The molecule has 2 aromatic carbocycles. The van der Waals surface area contributed by atoms with E-state index in [1.165, 1.54) is 16.7 Å². The number of pyridine rings is 1. The van der Waals surface area contributed by atoms with Crippen LogP contribution in [0, 0.1) is 18.3 Å². The highest BCUT2D eigenvalue weighted by Crippen LogP contribution is 2.23. The van der Waals surface area contributed by atoms with Crippen molar-refractivity contribution in [3.63, 3.8) is 0 Å². The number of aromatic nitrogens is 3. The van der Waals surface area contributed by atoms with E-state index in [-0.39, 0.29) is 17.2 Å². The van der Waals surface area contributed by atoms with Crippen molar-refractivity contribution in [1.82, 2.24) is 14.5 Å². The largest absolute Gasteiger partial charge is 0.324 e. The summed E-state index contributed by atoms with van der Waals surface area (Å²) in [4.78, 5) is 34.8. The highest BCUT2D eigenvalue weighted by molar-refractivity contribution is 7.99. The van der Waals surface area contributed by atoms with Gasteiger partial charge in [0.25, 0.3) is 5.56 Å². The van der Waals surface area contributed by atoms with E-state index in [9.17, 15) is 14.9 Å². The number of hydrogen-bond donors (Lipinski definition) is 1. The molecule has 32 heavy (non-hydrogen) atoms. The van der Waals surface area contributed by atoms with Gasteiger partial charge < -0.3 is 5.32 Å². The molecule has 0 bridgehead atoms. The lowest BCUT2D eigenvalue weighted by Crippen LogP contribution is -2.23. The fraction of sp³-hybridized carbons (Fsp3) is 0.0870. The maximum absolute atomic E-state index is 13.2. The van der Waals surface area contributed by atoms with E-state index >= 15 is 0 Å². The van der Waals surface area contributed by atoms with Crippen molar-refractivity contribution in [3.05, 3.63) is 87.3 Å². The molecule has 0 atom stereocenters. The summed E-state index contributed by atoms with van der Waals surface area (Å²) in [5.41, 5.74) is 1.84. The lowest BCUT2D eigenvalue weighted by Gasteiger charge is -2.13. The number of thioether (sulfide) groups is 1. The van der Waals surface area contributed by atoms with Crippen molar-refractivity contribution in [1.29, 1.82) is 5.26 Å². The van der Waals surface area contributed by atoms with Crippen LogP contribution in [0.25, 0.3) is 16.7 Å². The minimum atomic E-state index is -0.361. The van der Waals surface area contributed by atoms with Gasteiger partial charge in [-0.3, -0.25) is 9.59 Å². The van der Waals surface area contributed by atoms with Gasteiger partial charge >= 0.3 is 0 Å². The summed E-state index contributed by atoms with van der Waals surface area (Å²) in [7, 11) is 0. The van der Waals surface area contributed by atoms with Gasteiger partial charge in [0, 0.05) is 11.2 Å². The van der Waals surface area contributed by atoms with E-state index in [2.05, 4.69) is 15.3 Å². The van der Waals surface area contributed by atoms with Crippen LogP contribution in [0.4, 0.5) is 5.69 Å². The quantitative estimate of drug-likeness (QED) is 0.350. The molecule has 0 radical (unpaired) electrons. The second kappa shape index (κ2) is 9.22. The van der Waals surface area contributed by atoms with Crippen LogP contribution in [-0.2, 0) is 4.79 Å². The van der Waals surface area contributed by atoms with Gasteiger partial charge in [0.2, 0.25) is 5.91 Å². The van der Waals surface area contributed by atoms with Gasteiger partial charge in [-0.05, 0) is 55.0 Å². The third-order valence-electron chi connectivity index (χ3n) is 4.58. The van der Waals surface area contributed by atoms with Crippen molar-refractivity contribution in [2.24, 2.45) is 0 Å². The zero-order chi connectivity index (χ0) is 22.7. The number of nitrogens with zero attached hydrogens (tertiary/aromatic N) is 4. The molecule has 2 aromatic heterocycles. The Labute approximate surface area is 192 Å². The molecule has 158 valence electrons. The SMILES string of the molecule is Cc1ccnc(-n2c(SCC(=O)Nc3cc(Cl)ccc3C#N)nc3ccccc3c2=O)c1. The molecule has 1 N–H and O–H groups in total. The molecule has 0 spiro atoms. The molecule has 9 heteroatoms. The molecule has 1 amide bonds. The molecular formula is C23H16ClN5O2S. The molecule has 0 saturated heterocycles. The third-order valence-corrected chi connectivity index (χ3v) is 5.76. The molecule has 0 aliphatic heterocycles. The molecule has 7 nitrogen and oxygen atoms in total. The minimum absolute atomic E-state index is 0.0338. The summed E-state index contributed by atoms with van der Waals surface area (Å²) in [5, 5.41) is 13.1. The number of para-hydroxylation sites is 1. The normalized spacial score (nSPS) is 10.7. The van der Waals surface area contributed by atoms with Crippen LogP contribution in [0.3, 0.4) is 0 Å². The Morgan fingerprint density at radius 1 is 1.22 bits per heavy atom. The van der Waals surface area contributed by atoms with Crippen molar-refractivity contribution in [2.45, 2.75) is 12.1 Å². The molecule has 0 saturated carbocycles. The fourth-order valence-corrected chi connectivity index (χ4v) is 4.06. The molecule has 0 fully saturated rings. The van der Waals surface area contributed by atoms with E-state index in [1.807, 2.05) is 19.1 Å². The first kappa shape index (κ1) is 21.6. The molecule has 0 unspecified atom stereocenters. The average molecular weight is 462 g/mol. The Morgan fingerprint density at radius 3 is 2.81 bits per heavy atom. The minimum Gasteiger partial charge on any atom is -0.324 e. The molecule has 0 aliphatic rings. The van der Waals surface area contributed by atoms with Gasteiger partial charge in [-0.15, -0.1) is 0 Å². The summed E-state index contributed by atoms with van der Waals surface area (Å²) in [6, 6.07) is 17.3. The second-order valence-corrected chi connectivity index (χ2v) is 8.26. The van der Waals surface area contributed by atoms with E-state index in [4.69, 9.17) is 11.6 Å². The fourth-order valence-electron chi connectivity index (χ4n) is 3.09. The Morgan fingerprint density at radius 2 is 2.03 bits per heavy atom. The Bertz CT molecular complexity index is 1440. The van der Waals surface area contributed by atoms with Crippen LogP contribution in [-0.4, -0.2) is 26.2 Å². The second-order valence-electron chi connectivity index (χ2n) is 6.88. The number of rotatable bonds is 5. The van der Waals surface area contributed by atoms with Gasteiger partial charge in [-0.1, -0.05) is 35.5 Å².